The Morgan fingerprint density at radius 1 is 1.41 bits per heavy atom. The number of hydrogen-bond donors (Lipinski definition) is 1. The molecule has 2 N–H and O–H groups in total. The van der Waals surface area contributed by atoms with Gasteiger partial charge in [0.05, 0.1) is 20.8 Å². The summed E-state index contributed by atoms with van der Waals surface area (Å²) in [5, 5.41) is 0.860. The number of nitrogens with zero attached hydrogens (tertiary/aromatic N) is 3. The van der Waals surface area contributed by atoms with Gasteiger partial charge < -0.3 is 10.6 Å². The van der Waals surface area contributed by atoms with Crippen molar-refractivity contribution in [2.45, 2.75) is 24.6 Å². The molecule has 0 aliphatic heterocycles. The Bertz CT molecular complexity index is 1050. The van der Waals surface area contributed by atoms with E-state index in [0.29, 0.717) is 25.9 Å². The quantitative estimate of drug-likeness (QED) is 0.707. The minimum Gasteiger partial charge on any atom is -0.366 e. The first-order chi connectivity index (χ1) is 12.8. The molecule has 0 saturated heterocycles. The minimum absolute atomic E-state index is 0.101. The van der Waals surface area contributed by atoms with Crippen LogP contribution in [0.2, 0.25) is 5.02 Å². The number of carbonyl (C=O) groups excluding carboxylic acids is 1. The fourth-order valence-electron chi connectivity index (χ4n) is 3.51. The predicted octanol–water partition coefficient (Wildman–Crippen LogP) is 4.05. The van der Waals surface area contributed by atoms with Gasteiger partial charge in [-0.2, -0.15) is 0 Å². The Morgan fingerprint density at radius 3 is 2.78 bits per heavy atom. The fourth-order valence-corrected chi connectivity index (χ4v) is 4.93. The Kier molecular flexibility index (Phi) is 4.27. The number of fused-ring (bicyclic) bond motifs is 1. The fraction of sp³-hybridized carbons (Fsp3) is 0.278. The van der Waals surface area contributed by atoms with Crippen molar-refractivity contribution in [3.8, 4) is 0 Å². The smallest absolute Gasteiger partial charge is 0.250 e. The van der Waals surface area contributed by atoms with Gasteiger partial charge in [0.15, 0.2) is 5.13 Å². The van der Waals surface area contributed by atoms with Gasteiger partial charge in [-0.1, -0.05) is 22.9 Å². The molecule has 0 atom stereocenters. The summed E-state index contributed by atoms with van der Waals surface area (Å²) >= 11 is 7.43. The molecule has 140 valence electrons. The highest BCUT2D eigenvalue weighted by molar-refractivity contribution is 7.22. The minimum atomic E-state index is -1.05. The zero-order chi connectivity index (χ0) is 19.3. The van der Waals surface area contributed by atoms with E-state index in [1.54, 1.807) is 24.1 Å². The molecule has 0 unspecified atom stereocenters. The van der Waals surface area contributed by atoms with Crippen molar-refractivity contribution >= 4 is 44.2 Å². The first kappa shape index (κ1) is 18.1. The van der Waals surface area contributed by atoms with E-state index in [0.717, 1.165) is 0 Å². The number of carbonyl (C=O) groups is 1. The highest BCUT2D eigenvalue weighted by Crippen LogP contribution is 2.50. The van der Waals surface area contributed by atoms with Crippen molar-refractivity contribution in [3.05, 3.63) is 52.6 Å². The molecule has 1 saturated carbocycles. The summed E-state index contributed by atoms with van der Waals surface area (Å²) in [6, 6.07) is 5.91. The number of nitrogens with two attached hydrogens (primary N) is 1. The van der Waals surface area contributed by atoms with E-state index in [4.69, 9.17) is 17.3 Å². The van der Waals surface area contributed by atoms with Crippen molar-refractivity contribution in [2.24, 2.45) is 5.73 Å². The molecule has 1 aliphatic carbocycles. The van der Waals surface area contributed by atoms with Gasteiger partial charge in [0.25, 0.3) is 0 Å². The van der Waals surface area contributed by atoms with Crippen molar-refractivity contribution < 1.29 is 13.6 Å². The number of primary amides is 1. The third kappa shape index (κ3) is 2.74. The Morgan fingerprint density at radius 2 is 2.15 bits per heavy atom. The lowest BCUT2D eigenvalue weighted by atomic mass is 9.71. The first-order valence-corrected chi connectivity index (χ1v) is 9.40. The molecular weight excluding hydrogens is 394 g/mol. The molecule has 5 nitrogen and oxygen atoms in total. The maximum Gasteiger partial charge on any atom is 0.250 e. The average molecular weight is 409 g/mol. The molecule has 0 bridgehead atoms. The molecular formula is C18H15ClF2N4OS. The lowest BCUT2D eigenvalue weighted by Crippen LogP contribution is -2.55. The van der Waals surface area contributed by atoms with Crippen molar-refractivity contribution in [1.82, 2.24) is 9.97 Å². The van der Waals surface area contributed by atoms with Crippen LogP contribution in [0.3, 0.4) is 0 Å². The third-order valence-electron chi connectivity index (χ3n) is 5.00. The van der Waals surface area contributed by atoms with E-state index in [1.165, 1.54) is 29.7 Å². The van der Waals surface area contributed by atoms with Gasteiger partial charge in [0.1, 0.15) is 23.2 Å². The van der Waals surface area contributed by atoms with Gasteiger partial charge in [-0.3, -0.25) is 9.78 Å². The molecule has 1 aromatic carbocycles. The molecule has 0 radical (unpaired) electrons. The lowest BCUT2D eigenvalue weighted by Gasteiger charge is -2.49. The molecule has 4 rings (SSSR count). The normalized spacial score (nSPS) is 21.9. The van der Waals surface area contributed by atoms with E-state index >= 15 is 0 Å². The first-order valence-electron chi connectivity index (χ1n) is 8.21. The average Bonchev–Trinajstić information content (AvgIpc) is 3.05. The second-order valence-corrected chi connectivity index (χ2v) is 7.95. The molecule has 9 heteroatoms. The number of anilines is 1. The topological polar surface area (TPSA) is 72.1 Å². The Labute approximate surface area is 162 Å². The van der Waals surface area contributed by atoms with Crippen LogP contribution in [0.5, 0.6) is 0 Å². The lowest BCUT2D eigenvalue weighted by molar-refractivity contribution is 0.0871. The van der Waals surface area contributed by atoms with Crippen LogP contribution in [0.4, 0.5) is 13.9 Å². The maximum absolute atomic E-state index is 14.4. The van der Waals surface area contributed by atoms with Gasteiger partial charge in [-0.15, -0.1) is 0 Å². The number of aromatic nitrogens is 2. The molecule has 1 aliphatic rings. The summed E-state index contributed by atoms with van der Waals surface area (Å²) in [6.07, 6.45) is 0.640. The third-order valence-corrected chi connectivity index (χ3v) is 6.47. The number of thiazole rings is 1. The maximum atomic E-state index is 14.4. The van der Waals surface area contributed by atoms with Gasteiger partial charge in [-0.25, -0.2) is 13.8 Å². The van der Waals surface area contributed by atoms with Crippen LogP contribution in [0.15, 0.2) is 30.5 Å². The molecule has 2 aromatic heterocycles. The van der Waals surface area contributed by atoms with Crippen molar-refractivity contribution in [2.75, 3.05) is 11.9 Å². The molecule has 3 aromatic rings. The van der Waals surface area contributed by atoms with E-state index in [9.17, 15) is 13.6 Å². The van der Waals surface area contributed by atoms with Gasteiger partial charge in [0.2, 0.25) is 5.91 Å². The standard InChI is InChI=1S/C18H15ClF2N4OS/c1-25(18(7-9(20)8-18)15-12(21)3-2-6-23-15)17-24-13-11(19)5-4-10(16(22)26)14(13)27-17/h2-6,9H,7-8H2,1H3,(H2,22,26). The Balaban J connectivity index is 1.85. The second kappa shape index (κ2) is 6.38. The highest BCUT2D eigenvalue weighted by atomic mass is 35.5. The molecule has 1 amide bonds. The number of alkyl halides is 1. The van der Waals surface area contributed by atoms with E-state index < -0.39 is 23.4 Å². The summed E-state index contributed by atoms with van der Waals surface area (Å²) < 4.78 is 28.9. The molecule has 1 fully saturated rings. The largest absolute Gasteiger partial charge is 0.366 e. The van der Waals surface area contributed by atoms with Crippen molar-refractivity contribution in [3.63, 3.8) is 0 Å². The zero-order valence-corrected chi connectivity index (χ0v) is 15.8. The Hall–Kier alpha value is -2.32. The van der Waals surface area contributed by atoms with Crippen molar-refractivity contribution in [1.29, 1.82) is 0 Å². The van der Waals surface area contributed by atoms with Crippen LogP contribution >= 0.6 is 22.9 Å². The van der Waals surface area contributed by atoms with Crippen LogP contribution in [0, 0.1) is 5.82 Å². The van der Waals surface area contributed by atoms with Crippen LogP contribution in [0.25, 0.3) is 10.2 Å². The predicted molar refractivity (Wildman–Crippen MR) is 102 cm³/mol. The number of benzene rings is 1. The molecule has 2 heterocycles. The summed E-state index contributed by atoms with van der Waals surface area (Å²) in [6.45, 7) is 0. The van der Waals surface area contributed by atoms with Crippen LogP contribution in [0.1, 0.15) is 28.9 Å². The SMILES string of the molecule is CN(c1nc2c(Cl)ccc(C(N)=O)c2s1)C1(c2ncccc2F)CC(F)C1. The van der Waals surface area contributed by atoms with E-state index in [-0.39, 0.29) is 18.5 Å². The molecule has 27 heavy (non-hydrogen) atoms. The van der Waals surface area contributed by atoms with Gasteiger partial charge in [0, 0.05) is 26.1 Å². The number of hydrogen-bond acceptors (Lipinski definition) is 5. The zero-order valence-electron chi connectivity index (χ0n) is 14.2. The monoisotopic (exact) mass is 408 g/mol. The van der Waals surface area contributed by atoms with E-state index in [2.05, 4.69) is 9.97 Å². The van der Waals surface area contributed by atoms with Gasteiger partial charge in [-0.05, 0) is 24.3 Å². The summed E-state index contributed by atoms with van der Waals surface area (Å²) in [7, 11) is 1.72. The molecule has 0 spiro atoms. The highest BCUT2D eigenvalue weighted by Gasteiger charge is 2.52. The van der Waals surface area contributed by atoms with Crippen LogP contribution < -0.4 is 10.6 Å². The summed E-state index contributed by atoms with van der Waals surface area (Å²) in [5.41, 5.74) is 5.42. The second-order valence-electron chi connectivity index (χ2n) is 6.56. The summed E-state index contributed by atoms with van der Waals surface area (Å²) in [4.78, 5) is 22.1. The van der Waals surface area contributed by atoms with Crippen LogP contribution in [-0.2, 0) is 5.54 Å². The van der Waals surface area contributed by atoms with Crippen LogP contribution in [-0.4, -0.2) is 29.1 Å². The number of amides is 1. The van der Waals surface area contributed by atoms with Gasteiger partial charge >= 0.3 is 0 Å². The summed E-state index contributed by atoms with van der Waals surface area (Å²) in [5.74, 6) is -1.08. The van der Waals surface area contributed by atoms with E-state index in [1.807, 2.05) is 0 Å². The number of rotatable bonds is 4. The number of halogens is 3. The number of pyridine rings is 1.